The zero-order valence-corrected chi connectivity index (χ0v) is 9.01. The second kappa shape index (κ2) is 5.51. The van der Waals surface area contributed by atoms with Crippen LogP contribution in [0.4, 0.5) is 0 Å². The molecule has 0 aliphatic carbocycles. The summed E-state index contributed by atoms with van der Waals surface area (Å²) >= 11 is 0. The normalized spacial score (nSPS) is 14.5. The van der Waals surface area contributed by atoms with Crippen molar-refractivity contribution in [3.8, 4) is 0 Å². The Morgan fingerprint density at radius 2 is 1.93 bits per heavy atom. The molecule has 15 heavy (non-hydrogen) atoms. The Labute approximate surface area is 89.7 Å². The van der Waals surface area contributed by atoms with Crippen LogP contribution in [0.25, 0.3) is 0 Å². The smallest absolute Gasteiger partial charge is 0.305 e. The molecule has 1 rings (SSSR count). The molecule has 0 heterocycles. The molecule has 1 aromatic carbocycles. The Morgan fingerprint density at radius 3 is 2.47 bits per heavy atom. The third kappa shape index (κ3) is 4.13. The average Bonchev–Trinajstić information content (AvgIpc) is 2.17. The van der Waals surface area contributed by atoms with Gasteiger partial charge in [-0.1, -0.05) is 30.3 Å². The van der Waals surface area contributed by atoms with E-state index in [-0.39, 0.29) is 18.6 Å². The molecule has 0 aliphatic rings. The minimum Gasteiger partial charge on any atom is -0.481 e. The maximum atomic E-state index is 10.4. The topological polar surface area (TPSA) is 46.5 Å². The molecule has 0 fully saturated rings. The molecule has 0 aliphatic heterocycles. The van der Waals surface area contributed by atoms with Gasteiger partial charge in [0, 0.05) is 0 Å². The predicted octanol–water partition coefficient (Wildman–Crippen LogP) is 2.63. The molecule has 0 radical (unpaired) electrons. The highest BCUT2D eigenvalue weighted by Crippen LogP contribution is 2.18. The van der Waals surface area contributed by atoms with Gasteiger partial charge in [-0.3, -0.25) is 4.79 Å². The SMILES string of the molecule is CC(CC(=O)O)OC(C)c1ccccc1. The van der Waals surface area contributed by atoms with E-state index in [9.17, 15) is 4.79 Å². The summed E-state index contributed by atoms with van der Waals surface area (Å²) in [6.07, 6.45) is -0.296. The van der Waals surface area contributed by atoms with Crippen molar-refractivity contribution >= 4 is 5.97 Å². The van der Waals surface area contributed by atoms with Gasteiger partial charge in [-0.05, 0) is 19.4 Å². The van der Waals surface area contributed by atoms with Crippen LogP contribution >= 0.6 is 0 Å². The Kier molecular flexibility index (Phi) is 4.31. The first kappa shape index (κ1) is 11.7. The number of aliphatic carboxylic acids is 1. The number of hydrogen-bond acceptors (Lipinski definition) is 2. The summed E-state index contributed by atoms with van der Waals surface area (Å²) in [7, 11) is 0. The Morgan fingerprint density at radius 1 is 1.33 bits per heavy atom. The van der Waals surface area contributed by atoms with Crippen molar-refractivity contribution in [2.75, 3.05) is 0 Å². The van der Waals surface area contributed by atoms with Crippen molar-refractivity contribution < 1.29 is 14.6 Å². The van der Waals surface area contributed by atoms with E-state index in [4.69, 9.17) is 9.84 Å². The van der Waals surface area contributed by atoms with Gasteiger partial charge < -0.3 is 9.84 Å². The largest absolute Gasteiger partial charge is 0.481 e. The third-order valence-corrected chi connectivity index (χ3v) is 2.17. The van der Waals surface area contributed by atoms with Gasteiger partial charge in [-0.15, -0.1) is 0 Å². The molecule has 2 atom stereocenters. The fraction of sp³-hybridized carbons (Fsp3) is 0.417. The van der Waals surface area contributed by atoms with Crippen molar-refractivity contribution in [2.24, 2.45) is 0 Å². The van der Waals surface area contributed by atoms with Gasteiger partial charge in [0.2, 0.25) is 0 Å². The molecule has 0 bridgehead atoms. The Hall–Kier alpha value is -1.35. The molecule has 0 saturated carbocycles. The van der Waals surface area contributed by atoms with E-state index in [0.717, 1.165) is 5.56 Å². The summed E-state index contributed by atoms with van der Waals surface area (Å²) in [5, 5.41) is 8.59. The minimum absolute atomic E-state index is 0.0389. The minimum atomic E-state index is -0.831. The van der Waals surface area contributed by atoms with Crippen molar-refractivity contribution in [1.82, 2.24) is 0 Å². The summed E-state index contributed by atoms with van der Waals surface area (Å²) in [4.78, 5) is 10.4. The van der Waals surface area contributed by atoms with Gasteiger partial charge in [0.05, 0.1) is 18.6 Å². The molecule has 1 N–H and O–H groups in total. The number of benzene rings is 1. The number of hydrogen-bond donors (Lipinski definition) is 1. The maximum absolute atomic E-state index is 10.4. The quantitative estimate of drug-likeness (QED) is 0.809. The van der Waals surface area contributed by atoms with E-state index in [2.05, 4.69) is 0 Å². The van der Waals surface area contributed by atoms with Crippen LogP contribution in [0.1, 0.15) is 31.9 Å². The molecular weight excluding hydrogens is 192 g/mol. The number of carbonyl (C=O) groups is 1. The maximum Gasteiger partial charge on any atom is 0.305 e. The van der Waals surface area contributed by atoms with Gasteiger partial charge in [0.1, 0.15) is 0 Å². The summed E-state index contributed by atoms with van der Waals surface area (Å²) in [6, 6.07) is 9.77. The second-order valence-corrected chi connectivity index (χ2v) is 3.60. The zero-order chi connectivity index (χ0) is 11.3. The van der Waals surface area contributed by atoms with E-state index in [1.54, 1.807) is 6.92 Å². The predicted molar refractivity (Wildman–Crippen MR) is 57.7 cm³/mol. The van der Waals surface area contributed by atoms with Gasteiger partial charge in [0.15, 0.2) is 0 Å². The second-order valence-electron chi connectivity index (χ2n) is 3.60. The average molecular weight is 208 g/mol. The van der Waals surface area contributed by atoms with E-state index >= 15 is 0 Å². The number of carboxylic acid groups (broad SMARTS) is 1. The third-order valence-electron chi connectivity index (χ3n) is 2.17. The van der Waals surface area contributed by atoms with E-state index in [0.29, 0.717) is 0 Å². The van der Waals surface area contributed by atoms with Crippen LogP contribution in [0.2, 0.25) is 0 Å². The monoisotopic (exact) mass is 208 g/mol. The van der Waals surface area contributed by atoms with Crippen molar-refractivity contribution in [3.63, 3.8) is 0 Å². The highest BCUT2D eigenvalue weighted by molar-refractivity contribution is 5.67. The summed E-state index contributed by atoms with van der Waals surface area (Å²) in [5.74, 6) is -0.831. The van der Waals surface area contributed by atoms with Crippen molar-refractivity contribution in [2.45, 2.75) is 32.5 Å². The van der Waals surface area contributed by atoms with Crippen LogP contribution < -0.4 is 0 Å². The molecular formula is C12H16O3. The summed E-state index contributed by atoms with van der Waals surface area (Å²) < 4.78 is 5.57. The van der Waals surface area contributed by atoms with Gasteiger partial charge in [0.25, 0.3) is 0 Å². The lowest BCUT2D eigenvalue weighted by Gasteiger charge is -2.18. The highest BCUT2D eigenvalue weighted by atomic mass is 16.5. The molecule has 2 unspecified atom stereocenters. The van der Waals surface area contributed by atoms with Crippen LogP contribution in [0.15, 0.2) is 30.3 Å². The molecule has 1 aromatic rings. The first-order chi connectivity index (χ1) is 7.09. The fourth-order valence-electron chi connectivity index (χ4n) is 1.45. The number of carboxylic acids is 1. The molecule has 3 nitrogen and oxygen atoms in total. The van der Waals surface area contributed by atoms with Crippen LogP contribution in [0.3, 0.4) is 0 Å². The van der Waals surface area contributed by atoms with Crippen molar-refractivity contribution in [1.29, 1.82) is 0 Å². The van der Waals surface area contributed by atoms with Crippen LogP contribution in [-0.4, -0.2) is 17.2 Å². The van der Waals surface area contributed by atoms with Gasteiger partial charge >= 0.3 is 5.97 Å². The first-order valence-electron chi connectivity index (χ1n) is 5.01. The molecule has 82 valence electrons. The van der Waals surface area contributed by atoms with E-state index < -0.39 is 5.97 Å². The van der Waals surface area contributed by atoms with Crippen LogP contribution in [0, 0.1) is 0 Å². The van der Waals surface area contributed by atoms with Gasteiger partial charge in [-0.2, -0.15) is 0 Å². The Balaban J connectivity index is 2.49. The lowest BCUT2D eigenvalue weighted by molar-refractivity contribution is -0.140. The summed E-state index contributed by atoms with van der Waals surface area (Å²) in [5.41, 5.74) is 1.06. The van der Waals surface area contributed by atoms with Crippen molar-refractivity contribution in [3.05, 3.63) is 35.9 Å². The van der Waals surface area contributed by atoms with Crippen LogP contribution in [-0.2, 0) is 9.53 Å². The highest BCUT2D eigenvalue weighted by Gasteiger charge is 2.12. The fourth-order valence-corrected chi connectivity index (χ4v) is 1.45. The molecule has 0 aromatic heterocycles. The summed E-state index contributed by atoms with van der Waals surface area (Å²) in [6.45, 7) is 3.70. The molecule has 0 saturated heterocycles. The molecule has 0 amide bonds. The lowest BCUT2D eigenvalue weighted by atomic mass is 10.1. The van der Waals surface area contributed by atoms with E-state index in [1.807, 2.05) is 37.3 Å². The molecule has 3 heteroatoms. The lowest BCUT2D eigenvalue weighted by Crippen LogP contribution is -2.15. The molecule has 0 spiro atoms. The number of rotatable bonds is 5. The number of ether oxygens (including phenoxy) is 1. The van der Waals surface area contributed by atoms with Crippen LogP contribution in [0.5, 0.6) is 0 Å². The first-order valence-corrected chi connectivity index (χ1v) is 5.01. The van der Waals surface area contributed by atoms with E-state index in [1.165, 1.54) is 0 Å². The van der Waals surface area contributed by atoms with Gasteiger partial charge in [-0.25, -0.2) is 0 Å². The zero-order valence-electron chi connectivity index (χ0n) is 9.01. The Bertz CT molecular complexity index is 308. The standard InChI is InChI=1S/C12H16O3/c1-9(8-12(13)14)15-10(2)11-6-4-3-5-7-11/h3-7,9-10H,8H2,1-2H3,(H,13,14).